The normalized spacial score (nSPS) is 11.9. The summed E-state index contributed by atoms with van der Waals surface area (Å²) in [5.41, 5.74) is 0.231. The quantitative estimate of drug-likeness (QED) is 0.705. The Morgan fingerprint density at radius 3 is 2.88 bits per heavy atom. The molecule has 0 fully saturated rings. The average Bonchev–Trinajstić information content (AvgIpc) is 2.65. The fourth-order valence-electron chi connectivity index (χ4n) is 0.929. The number of hydrogen-bond donors (Lipinski definition) is 3. The fourth-order valence-corrected chi connectivity index (χ4v) is 1.67. The van der Waals surface area contributed by atoms with Crippen LogP contribution in [0.5, 0.6) is 0 Å². The second-order valence-electron chi connectivity index (χ2n) is 3.28. The van der Waals surface area contributed by atoms with Crippen molar-refractivity contribution in [3.05, 3.63) is 11.1 Å². The number of aliphatic hydroxyl groups is 1. The van der Waals surface area contributed by atoms with E-state index in [1.165, 1.54) is 18.3 Å². The summed E-state index contributed by atoms with van der Waals surface area (Å²) in [6.45, 7) is 2.92. The molecule has 0 radical (unpaired) electrons. The van der Waals surface area contributed by atoms with Crippen LogP contribution in [0.4, 0.5) is 5.13 Å². The average molecular weight is 243 g/mol. The molecule has 0 aliphatic heterocycles. The summed E-state index contributed by atoms with van der Waals surface area (Å²) in [6, 6.07) is -0.321. The Morgan fingerprint density at radius 1 is 1.62 bits per heavy atom. The maximum absolute atomic E-state index is 11.5. The van der Waals surface area contributed by atoms with Crippen molar-refractivity contribution in [2.45, 2.75) is 19.9 Å². The summed E-state index contributed by atoms with van der Waals surface area (Å²) in [5.74, 6) is -0.598. The lowest BCUT2D eigenvalue weighted by atomic mass is 10.3. The van der Waals surface area contributed by atoms with Crippen LogP contribution in [0.1, 0.15) is 24.3 Å². The lowest BCUT2D eigenvalue weighted by Gasteiger charge is -2.08. The number of nitrogens with zero attached hydrogens (tertiary/aromatic N) is 1. The second kappa shape index (κ2) is 5.57. The third-order valence-corrected chi connectivity index (χ3v) is 2.43. The van der Waals surface area contributed by atoms with Crippen LogP contribution in [0, 0.1) is 0 Å². The van der Waals surface area contributed by atoms with Crippen LogP contribution in [0.2, 0.25) is 0 Å². The van der Waals surface area contributed by atoms with E-state index in [1.807, 2.05) is 0 Å². The molecule has 1 atom stereocenters. The van der Waals surface area contributed by atoms with Gasteiger partial charge in [-0.05, 0) is 6.92 Å². The summed E-state index contributed by atoms with van der Waals surface area (Å²) in [6.07, 6.45) is 0. The topological polar surface area (TPSA) is 91.3 Å². The summed E-state index contributed by atoms with van der Waals surface area (Å²) < 4.78 is 0. The zero-order chi connectivity index (χ0) is 12.1. The van der Waals surface area contributed by atoms with Crippen molar-refractivity contribution in [2.75, 3.05) is 11.9 Å². The zero-order valence-corrected chi connectivity index (χ0v) is 9.80. The van der Waals surface area contributed by atoms with Gasteiger partial charge in [0.25, 0.3) is 5.91 Å². The van der Waals surface area contributed by atoms with Crippen molar-refractivity contribution >= 4 is 28.3 Å². The number of hydrogen-bond acceptors (Lipinski definition) is 5. The summed E-state index contributed by atoms with van der Waals surface area (Å²) in [4.78, 5) is 26.2. The first-order chi connectivity index (χ1) is 7.52. The number of nitrogens with one attached hydrogen (secondary N) is 2. The van der Waals surface area contributed by atoms with Crippen molar-refractivity contribution in [1.29, 1.82) is 0 Å². The van der Waals surface area contributed by atoms with E-state index in [4.69, 9.17) is 5.11 Å². The van der Waals surface area contributed by atoms with E-state index in [1.54, 1.807) is 12.3 Å². The highest BCUT2D eigenvalue weighted by molar-refractivity contribution is 7.14. The molecule has 1 aromatic heterocycles. The third kappa shape index (κ3) is 3.59. The number of carbonyl (C=O) groups is 2. The van der Waals surface area contributed by atoms with E-state index in [9.17, 15) is 9.59 Å². The Kier molecular flexibility index (Phi) is 4.39. The van der Waals surface area contributed by atoms with Crippen LogP contribution in [0.3, 0.4) is 0 Å². The van der Waals surface area contributed by atoms with Gasteiger partial charge in [0.05, 0.1) is 6.61 Å². The van der Waals surface area contributed by atoms with E-state index < -0.39 is 0 Å². The number of rotatable bonds is 4. The van der Waals surface area contributed by atoms with Crippen LogP contribution in [-0.2, 0) is 4.79 Å². The molecule has 88 valence electrons. The first kappa shape index (κ1) is 12.6. The van der Waals surface area contributed by atoms with Gasteiger partial charge in [-0.2, -0.15) is 0 Å². The number of amides is 2. The van der Waals surface area contributed by atoms with Gasteiger partial charge >= 0.3 is 0 Å². The van der Waals surface area contributed by atoms with Crippen LogP contribution in [0.25, 0.3) is 0 Å². The molecule has 6 nitrogen and oxygen atoms in total. The molecule has 0 saturated carbocycles. The molecule has 0 saturated heterocycles. The van der Waals surface area contributed by atoms with Crippen molar-refractivity contribution < 1.29 is 14.7 Å². The van der Waals surface area contributed by atoms with Gasteiger partial charge in [0.1, 0.15) is 5.69 Å². The number of carbonyl (C=O) groups excluding carboxylic acids is 2. The van der Waals surface area contributed by atoms with E-state index in [0.717, 1.165) is 0 Å². The number of anilines is 1. The van der Waals surface area contributed by atoms with Crippen LogP contribution in [-0.4, -0.2) is 34.6 Å². The molecule has 0 aromatic carbocycles. The molecule has 16 heavy (non-hydrogen) atoms. The van der Waals surface area contributed by atoms with E-state index >= 15 is 0 Å². The Balaban J connectivity index is 2.63. The lowest BCUT2D eigenvalue weighted by Crippen LogP contribution is -2.35. The van der Waals surface area contributed by atoms with Crippen molar-refractivity contribution in [3.63, 3.8) is 0 Å². The summed E-state index contributed by atoms with van der Waals surface area (Å²) in [5, 5.41) is 15.7. The van der Waals surface area contributed by atoms with Gasteiger partial charge in [0.15, 0.2) is 5.13 Å². The van der Waals surface area contributed by atoms with Gasteiger partial charge in [-0.3, -0.25) is 9.59 Å². The molecule has 0 aliphatic rings. The minimum absolute atomic E-state index is 0.131. The van der Waals surface area contributed by atoms with E-state index in [-0.39, 0.29) is 30.2 Å². The second-order valence-corrected chi connectivity index (χ2v) is 4.13. The SMILES string of the molecule is CC(=O)Nc1nc(C(=O)N[C@@H](C)CO)cs1. The molecule has 1 heterocycles. The molecule has 0 unspecified atom stereocenters. The minimum atomic E-state index is -0.366. The maximum Gasteiger partial charge on any atom is 0.271 e. The molecule has 7 heteroatoms. The number of thiazole rings is 1. The molecule has 1 aromatic rings. The number of aliphatic hydroxyl groups excluding tert-OH is 1. The largest absolute Gasteiger partial charge is 0.394 e. The molecule has 2 amide bonds. The Hall–Kier alpha value is -1.47. The van der Waals surface area contributed by atoms with Crippen LogP contribution >= 0.6 is 11.3 Å². The monoisotopic (exact) mass is 243 g/mol. The van der Waals surface area contributed by atoms with Gasteiger partial charge in [-0.1, -0.05) is 0 Å². The predicted molar refractivity (Wildman–Crippen MR) is 60.4 cm³/mol. The van der Waals surface area contributed by atoms with Gasteiger partial charge in [-0.25, -0.2) is 4.98 Å². The first-order valence-electron chi connectivity index (χ1n) is 4.67. The fraction of sp³-hybridized carbons (Fsp3) is 0.444. The van der Waals surface area contributed by atoms with Crippen LogP contribution in [0.15, 0.2) is 5.38 Å². The van der Waals surface area contributed by atoms with Gasteiger partial charge in [0, 0.05) is 18.3 Å². The lowest BCUT2D eigenvalue weighted by molar-refractivity contribution is -0.114. The van der Waals surface area contributed by atoms with Crippen LogP contribution < -0.4 is 10.6 Å². The predicted octanol–water partition coefficient (Wildman–Crippen LogP) is 0.212. The standard InChI is InChI=1S/C9H13N3O3S/c1-5(3-13)10-8(15)7-4-16-9(12-7)11-6(2)14/h4-5,13H,3H2,1-2H3,(H,10,15)(H,11,12,14)/t5-/m0/s1. The Labute approximate surface area is 96.7 Å². The highest BCUT2D eigenvalue weighted by Gasteiger charge is 2.13. The first-order valence-corrected chi connectivity index (χ1v) is 5.55. The van der Waals surface area contributed by atoms with Gasteiger partial charge < -0.3 is 15.7 Å². The zero-order valence-electron chi connectivity index (χ0n) is 8.98. The van der Waals surface area contributed by atoms with Gasteiger partial charge in [-0.15, -0.1) is 11.3 Å². The maximum atomic E-state index is 11.5. The van der Waals surface area contributed by atoms with Crippen molar-refractivity contribution in [2.24, 2.45) is 0 Å². The van der Waals surface area contributed by atoms with E-state index in [2.05, 4.69) is 15.6 Å². The number of aromatic nitrogens is 1. The van der Waals surface area contributed by atoms with Crippen molar-refractivity contribution in [3.8, 4) is 0 Å². The highest BCUT2D eigenvalue weighted by atomic mass is 32.1. The molecular weight excluding hydrogens is 230 g/mol. The van der Waals surface area contributed by atoms with Crippen molar-refractivity contribution in [1.82, 2.24) is 10.3 Å². The minimum Gasteiger partial charge on any atom is -0.394 e. The van der Waals surface area contributed by atoms with E-state index in [0.29, 0.717) is 5.13 Å². The molecule has 1 rings (SSSR count). The Bertz CT molecular complexity index is 391. The Morgan fingerprint density at radius 2 is 2.31 bits per heavy atom. The molecule has 0 aliphatic carbocycles. The smallest absolute Gasteiger partial charge is 0.271 e. The van der Waals surface area contributed by atoms with Gasteiger partial charge in [0.2, 0.25) is 5.91 Å². The third-order valence-electron chi connectivity index (χ3n) is 1.67. The summed E-state index contributed by atoms with van der Waals surface area (Å²) in [7, 11) is 0. The molecule has 0 bridgehead atoms. The summed E-state index contributed by atoms with van der Waals surface area (Å²) >= 11 is 1.17. The molecular formula is C9H13N3O3S. The highest BCUT2D eigenvalue weighted by Crippen LogP contribution is 2.15. The molecule has 0 spiro atoms. The molecule has 3 N–H and O–H groups in total.